The molecule has 1 fully saturated rings. The second-order valence-corrected chi connectivity index (χ2v) is 6.55. The zero-order valence-electron chi connectivity index (χ0n) is 12.1. The van der Waals surface area contributed by atoms with Gasteiger partial charge < -0.3 is 15.2 Å². The van der Waals surface area contributed by atoms with E-state index in [1.54, 1.807) is 0 Å². The highest BCUT2D eigenvalue weighted by molar-refractivity contribution is 9.10. The summed E-state index contributed by atoms with van der Waals surface area (Å²) >= 11 is 3.47. The molecule has 0 amide bonds. The molecule has 1 atom stereocenters. The van der Waals surface area contributed by atoms with Gasteiger partial charge in [-0.1, -0.05) is 41.6 Å². The third-order valence-electron chi connectivity index (χ3n) is 3.90. The lowest BCUT2D eigenvalue weighted by molar-refractivity contribution is 0.0850. The van der Waals surface area contributed by atoms with Crippen LogP contribution in [-0.2, 0) is 6.54 Å². The lowest BCUT2D eigenvalue weighted by atomic mass is 10.0. The minimum atomic E-state index is -0.357. The fourth-order valence-electron chi connectivity index (χ4n) is 2.90. The molecule has 2 N–H and O–H groups in total. The summed E-state index contributed by atoms with van der Waals surface area (Å²) < 4.78 is 6.85. The molecule has 0 radical (unpaired) electrons. The molecule has 3 nitrogen and oxygen atoms in total. The number of hydrogen-bond acceptors (Lipinski definition) is 3. The molecule has 0 heterocycles. The van der Waals surface area contributed by atoms with E-state index in [2.05, 4.69) is 27.3 Å². The van der Waals surface area contributed by atoms with Crippen LogP contribution in [0.25, 0.3) is 0 Å². The quantitative estimate of drug-likeness (QED) is 0.797. The number of halogens is 1. The van der Waals surface area contributed by atoms with Crippen LogP contribution < -0.4 is 10.1 Å². The maximum Gasteiger partial charge on any atom is 0.124 e. The van der Waals surface area contributed by atoms with E-state index >= 15 is 0 Å². The largest absolute Gasteiger partial charge is 0.491 e. The van der Waals surface area contributed by atoms with Gasteiger partial charge in [0.05, 0.1) is 6.10 Å². The van der Waals surface area contributed by atoms with Gasteiger partial charge in [0.1, 0.15) is 12.4 Å². The van der Waals surface area contributed by atoms with Gasteiger partial charge in [-0.3, -0.25) is 0 Å². The second-order valence-electron chi connectivity index (χ2n) is 5.63. The Labute approximate surface area is 129 Å². The molecule has 2 rings (SSSR count). The van der Waals surface area contributed by atoms with Crippen LogP contribution in [0.2, 0.25) is 0 Å². The SMILES string of the molecule is CNCc1cc(Br)ccc1OCC(O)CC1CCCC1. The third kappa shape index (κ3) is 4.76. The fourth-order valence-corrected chi connectivity index (χ4v) is 3.31. The number of aliphatic hydroxyl groups is 1. The number of nitrogens with one attached hydrogen (secondary N) is 1. The highest BCUT2D eigenvalue weighted by atomic mass is 79.9. The standard InChI is InChI=1S/C16H24BrNO2/c1-18-10-13-9-14(17)6-7-16(13)20-11-15(19)8-12-4-2-3-5-12/h6-7,9,12,15,18-19H,2-5,8,10-11H2,1H3. The molecule has 20 heavy (non-hydrogen) atoms. The molecule has 1 aliphatic carbocycles. The van der Waals surface area contributed by atoms with Crippen molar-refractivity contribution in [3.8, 4) is 5.75 Å². The summed E-state index contributed by atoms with van der Waals surface area (Å²) in [5, 5.41) is 13.2. The van der Waals surface area contributed by atoms with Crippen LogP contribution in [-0.4, -0.2) is 24.9 Å². The van der Waals surface area contributed by atoms with Crippen LogP contribution in [0.5, 0.6) is 5.75 Å². The molecule has 0 spiro atoms. The number of aliphatic hydroxyl groups excluding tert-OH is 1. The van der Waals surface area contributed by atoms with E-state index < -0.39 is 0 Å². The molecule has 0 saturated heterocycles. The maximum atomic E-state index is 10.1. The van der Waals surface area contributed by atoms with Crippen molar-refractivity contribution < 1.29 is 9.84 Å². The number of ether oxygens (including phenoxy) is 1. The Bertz CT molecular complexity index is 419. The van der Waals surface area contributed by atoms with Gasteiger partial charge in [-0.25, -0.2) is 0 Å². The van der Waals surface area contributed by atoms with E-state index in [0.29, 0.717) is 12.5 Å². The van der Waals surface area contributed by atoms with Crippen molar-refractivity contribution in [2.24, 2.45) is 5.92 Å². The molecular weight excluding hydrogens is 318 g/mol. The Morgan fingerprint density at radius 2 is 2.15 bits per heavy atom. The van der Waals surface area contributed by atoms with Crippen molar-refractivity contribution in [1.29, 1.82) is 0 Å². The van der Waals surface area contributed by atoms with Gasteiger partial charge >= 0.3 is 0 Å². The van der Waals surface area contributed by atoms with E-state index in [-0.39, 0.29) is 6.10 Å². The molecule has 112 valence electrons. The highest BCUT2D eigenvalue weighted by Gasteiger charge is 2.19. The van der Waals surface area contributed by atoms with Crippen LogP contribution in [0.15, 0.2) is 22.7 Å². The number of rotatable bonds is 7. The van der Waals surface area contributed by atoms with E-state index in [1.165, 1.54) is 25.7 Å². The molecule has 1 saturated carbocycles. The minimum Gasteiger partial charge on any atom is -0.491 e. The Morgan fingerprint density at radius 3 is 2.85 bits per heavy atom. The van der Waals surface area contributed by atoms with Crippen LogP contribution >= 0.6 is 15.9 Å². The van der Waals surface area contributed by atoms with E-state index in [4.69, 9.17) is 4.74 Å². The monoisotopic (exact) mass is 341 g/mol. The second kappa shape index (κ2) is 8.01. The van der Waals surface area contributed by atoms with Gasteiger partial charge in [-0.05, 0) is 37.6 Å². The van der Waals surface area contributed by atoms with Crippen molar-refractivity contribution >= 4 is 15.9 Å². The molecule has 0 aliphatic heterocycles. The van der Waals surface area contributed by atoms with Crippen LogP contribution in [0.4, 0.5) is 0 Å². The predicted molar refractivity (Wildman–Crippen MR) is 85.0 cm³/mol. The summed E-state index contributed by atoms with van der Waals surface area (Å²) in [4.78, 5) is 0. The highest BCUT2D eigenvalue weighted by Crippen LogP contribution is 2.29. The molecule has 0 aromatic heterocycles. The Balaban J connectivity index is 1.85. The molecule has 0 bridgehead atoms. The Hall–Kier alpha value is -0.580. The van der Waals surface area contributed by atoms with E-state index in [0.717, 1.165) is 28.8 Å². The first-order valence-electron chi connectivity index (χ1n) is 7.43. The van der Waals surface area contributed by atoms with Crippen molar-refractivity contribution in [2.75, 3.05) is 13.7 Å². The zero-order chi connectivity index (χ0) is 14.4. The average molecular weight is 342 g/mol. The minimum absolute atomic E-state index is 0.357. The van der Waals surface area contributed by atoms with Gasteiger partial charge in [0.2, 0.25) is 0 Å². The van der Waals surface area contributed by atoms with Crippen LogP contribution in [0.3, 0.4) is 0 Å². The normalized spacial score (nSPS) is 17.4. The van der Waals surface area contributed by atoms with Gasteiger partial charge in [-0.15, -0.1) is 0 Å². The molecule has 1 aliphatic rings. The van der Waals surface area contributed by atoms with Crippen molar-refractivity contribution in [3.63, 3.8) is 0 Å². The molecule has 1 unspecified atom stereocenters. The fraction of sp³-hybridized carbons (Fsp3) is 0.625. The van der Waals surface area contributed by atoms with E-state index in [1.807, 2.05) is 19.2 Å². The molecular formula is C16H24BrNO2. The maximum absolute atomic E-state index is 10.1. The first-order valence-corrected chi connectivity index (χ1v) is 8.22. The zero-order valence-corrected chi connectivity index (χ0v) is 13.7. The summed E-state index contributed by atoms with van der Waals surface area (Å²) in [6.45, 7) is 1.14. The topological polar surface area (TPSA) is 41.5 Å². The third-order valence-corrected chi connectivity index (χ3v) is 4.39. The van der Waals surface area contributed by atoms with Crippen molar-refractivity contribution in [2.45, 2.75) is 44.8 Å². The number of hydrogen-bond donors (Lipinski definition) is 2. The molecule has 1 aromatic carbocycles. The summed E-state index contributed by atoms with van der Waals surface area (Å²) in [6, 6.07) is 5.98. The van der Waals surface area contributed by atoms with Gasteiger partial charge in [0, 0.05) is 16.6 Å². The summed E-state index contributed by atoms with van der Waals surface area (Å²) in [7, 11) is 1.92. The lowest BCUT2D eigenvalue weighted by Crippen LogP contribution is -2.21. The van der Waals surface area contributed by atoms with Gasteiger partial charge in [0.25, 0.3) is 0 Å². The smallest absolute Gasteiger partial charge is 0.124 e. The first kappa shape index (κ1) is 15.8. The summed E-state index contributed by atoms with van der Waals surface area (Å²) in [6.07, 6.45) is 5.68. The Morgan fingerprint density at radius 1 is 1.40 bits per heavy atom. The van der Waals surface area contributed by atoms with Crippen molar-refractivity contribution in [3.05, 3.63) is 28.2 Å². The lowest BCUT2D eigenvalue weighted by Gasteiger charge is -2.17. The summed E-state index contributed by atoms with van der Waals surface area (Å²) in [5.41, 5.74) is 1.11. The summed E-state index contributed by atoms with van der Waals surface area (Å²) in [5.74, 6) is 1.54. The van der Waals surface area contributed by atoms with Crippen LogP contribution in [0, 0.1) is 5.92 Å². The van der Waals surface area contributed by atoms with Crippen LogP contribution in [0.1, 0.15) is 37.7 Å². The van der Waals surface area contributed by atoms with Gasteiger partial charge in [0.15, 0.2) is 0 Å². The molecule has 4 heteroatoms. The average Bonchev–Trinajstić information content (AvgIpc) is 2.91. The molecule has 1 aromatic rings. The van der Waals surface area contributed by atoms with E-state index in [9.17, 15) is 5.11 Å². The van der Waals surface area contributed by atoms with Crippen molar-refractivity contribution in [1.82, 2.24) is 5.32 Å². The van der Waals surface area contributed by atoms with Gasteiger partial charge in [-0.2, -0.15) is 0 Å². The predicted octanol–water partition coefficient (Wildman–Crippen LogP) is 3.49. The number of benzene rings is 1. The Kier molecular flexibility index (Phi) is 6.33. The first-order chi connectivity index (χ1) is 9.69.